The SMILES string of the molecule is NC(=O)c1ccncc1NC(N)=S. The fraction of sp³-hybridized carbons (Fsp3) is 0. The molecule has 0 unspecified atom stereocenters. The number of hydrogen-bond acceptors (Lipinski definition) is 3. The number of amides is 1. The van der Waals surface area contributed by atoms with Gasteiger partial charge in [-0.2, -0.15) is 0 Å². The zero-order valence-corrected chi connectivity index (χ0v) is 7.47. The van der Waals surface area contributed by atoms with Crippen molar-refractivity contribution in [1.29, 1.82) is 0 Å². The van der Waals surface area contributed by atoms with Crippen LogP contribution in [0.15, 0.2) is 18.5 Å². The first-order valence-corrected chi connectivity index (χ1v) is 3.82. The lowest BCUT2D eigenvalue weighted by molar-refractivity contribution is 0.100. The number of carbonyl (C=O) groups is 1. The number of nitrogens with zero attached hydrogens (tertiary/aromatic N) is 1. The van der Waals surface area contributed by atoms with E-state index in [-0.39, 0.29) is 5.11 Å². The van der Waals surface area contributed by atoms with Crippen LogP contribution in [0.2, 0.25) is 0 Å². The van der Waals surface area contributed by atoms with E-state index in [0.717, 1.165) is 0 Å². The lowest BCUT2D eigenvalue weighted by atomic mass is 10.2. The topological polar surface area (TPSA) is 94.0 Å². The highest BCUT2D eigenvalue weighted by molar-refractivity contribution is 7.80. The molecule has 6 heteroatoms. The summed E-state index contributed by atoms with van der Waals surface area (Å²) >= 11 is 4.61. The van der Waals surface area contributed by atoms with E-state index in [1.807, 2.05) is 0 Å². The van der Waals surface area contributed by atoms with E-state index in [9.17, 15) is 4.79 Å². The average Bonchev–Trinajstić information content (AvgIpc) is 2.03. The molecule has 0 aromatic carbocycles. The molecule has 1 rings (SSSR count). The number of hydrogen-bond donors (Lipinski definition) is 3. The minimum absolute atomic E-state index is 0.0653. The van der Waals surface area contributed by atoms with Gasteiger partial charge in [0.2, 0.25) is 0 Å². The second kappa shape index (κ2) is 3.81. The maximum Gasteiger partial charge on any atom is 0.250 e. The van der Waals surface area contributed by atoms with Crippen molar-refractivity contribution >= 4 is 28.9 Å². The van der Waals surface area contributed by atoms with Crippen molar-refractivity contribution in [3.05, 3.63) is 24.0 Å². The number of nitrogens with one attached hydrogen (secondary N) is 1. The van der Waals surface area contributed by atoms with Crippen LogP contribution in [0.25, 0.3) is 0 Å². The summed E-state index contributed by atoms with van der Waals surface area (Å²) in [6.07, 6.45) is 2.89. The summed E-state index contributed by atoms with van der Waals surface area (Å²) in [5.41, 5.74) is 11.1. The van der Waals surface area contributed by atoms with Crippen molar-refractivity contribution in [3.63, 3.8) is 0 Å². The third-order valence-corrected chi connectivity index (χ3v) is 1.45. The fourth-order valence-electron chi connectivity index (χ4n) is 0.842. The van der Waals surface area contributed by atoms with Crippen molar-refractivity contribution < 1.29 is 4.79 Å². The summed E-state index contributed by atoms with van der Waals surface area (Å²) in [7, 11) is 0. The number of rotatable bonds is 2. The van der Waals surface area contributed by atoms with Gasteiger partial charge in [-0.1, -0.05) is 0 Å². The first-order valence-electron chi connectivity index (χ1n) is 3.41. The molecule has 0 spiro atoms. The van der Waals surface area contributed by atoms with Crippen LogP contribution in [0.1, 0.15) is 10.4 Å². The van der Waals surface area contributed by atoms with Crippen molar-refractivity contribution in [1.82, 2.24) is 4.98 Å². The van der Waals surface area contributed by atoms with Gasteiger partial charge in [0.15, 0.2) is 5.11 Å². The second-order valence-corrected chi connectivity index (χ2v) is 2.71. The smallest absolute Gasteiger partial charge is 0.250 e. The number of primary amides is 1. The average molecular weight is 196 g/mol. The highest BCUT2D eigenvalue weighted by atomic mass is 32.1. The highest BCUT2D eigenvalue weighted by Gasteiger charge is 2.07. The van der Waals surface area contributed by atoms with Crippen molar-refractivity contribution in [2.45, 2.75) is 0 Å². The molecule has 68 valence electrons. The van der Waals surface area contributed by atoms with Gasteiger partial charge in [-0.3, -0.25) is 9.78 Å². The molecule has 1 heterocycles. The summed E-state index contributed by atoms with van der Waals surface area (Å²) in [5, 5.41) is 2.67. The fourth-order valence-corrected chi connectivity index (χ4v) is 0.952. The van der Waals surface area contributed by atoms with Crippen LogP contribution in [-0.4, -0.2) is 16.0 Å². The molecule has 0 fully saturated rings. The van der Waals surface area contributed by atoms with E-state index < -0.39 is 5.91 Å². The van der Waals surface area contributed by atoms with Crippen LogP contribution >= 0.6 is 12.2 Å². The molecule has 0 aliphatic rings. The van der Waals surface area contributed by atoms with E-state index in [1.165, 1.54) is 18.5 Å². The van der Waals surface area contributed by atoms with Crippen molar-refractivity contribution in [2.24, 2.45) is 11.5 Å². The minimum Gasteiger partial charge on any atom is -0.376 e. The van der Waals surface area contributed by atoms with Gasteiger partial charge in [-0.25, -0.2) is 0 Å². The lowest BCUT2D eigenvalue weighted by Crippen LogP contribution is -2.22. The Hall–Kier alpha value is -1.69. The Balaban J connectivity index is 3.04. The molecule has 0 atom stereocenters. The molecule has 0 aliphatic heterocycles. The summed E-state index contributed by atoms with van der Waals surface area (Å²) in [5.74, 6) is -0.554. The first-order chi connectivity index (χ1) is 6.11. The maximum absolute atomic E-state index is 10.9. The predicted octanol–water partition coefficient (Wildman–Crippen LogP) is -0.164. The van der Waals surface area contributed by atoms with Crippen LogP contribution in [-0.2, 0) is 0 Å². The molecule has 1 aromatic heterocycles. The Kier molecular flexibility index (Phi) is 2.76. The molecule has 5 N–H and O–H groups in total. The monoisotopic (exact) mass is 196 g/mol. The Morgan fingerprint density at radius 2 is 2.23 bits per heavy atom. The van der Waals surface area contributed by atoms with Crippen LogP contribution in [0, 0.1) is 0 Å². The van der Waals surface area contributed by atoms with E-state index in [4.69, 9.17) is 11.5 Å². The van der Waals surface area contributed by atoms with Gasteiger partial charge in [-0.15, -0.1) is 0 Å². The molecule has 13 heavy (non-hydrogen) atoms. The van der Waals surface area contributed by atoms with Crippen molar-refractivity contribution in [3.8, 4) is 0 Å². The molecule has 0 saturated carbocycles. The normalized spacial score (nSPS) is 9.23. The molecule has 0 radical (unpaired) electrons. The van der Waals surface area contributed by atoms with Crippen molar-refractivity contribution in [2.75, 3.05) is 5.32 Å². The van der Waals surface area contributed by atoms with Crippen LogP contribution in [0.5, 0.6) is 0 Å². The largest absolute Gasteiger partial charge is 0.376 e. The van der Waals surface area contributed by atoms with Crippen LogP contribution < -0.4 is 16.8 Å². The van der Waals surface area contributed by atoms with Gasteiger partial charge in [0.1, 0.15) is 0 Å². The Labute approximate surface area is 80.1 Å². The maximum atomic E-state index is 10.9. The van der Waals surface area contributed by atoms with E-state index in [0.29, 0.717) is 11.3 Å². The molecule has 5 nitrogen and oxygen atoms in total. The number of thiocarbonyl (C=S) groups is 1. The molecular weight excluding hydrogens is 188 g/mol. The summed E-state index contributed by atoms with van der Waals surface area (Å²) in [6.45, 7) is 0. The molecule has 1 aromatic rings. The summed E-state index contributed by atoms with van der Waals surface area (Å²) in [6, 6.07) is 1.49. The van der Waals surface area contributed by atoms with E-state index in [2.05, 4.69) is 22.5 Å². The third kappa shape index (κ3) is 2.38. The lowest BCUT2D eigenvalue weighted by Gasteiger charge is -2.06. The van der Waals surface area contributed by atoms with Crippen LogP contribution in [0.3, 0.4) is 0 Å². The predicted molar refractivity (Wildman–Crippen MR) is 53.2 cm³/mol. The Morgan fingerprint density at radius 1 is 1.54 bits per heavy atom. The number of pyridine rings is 1. The summed E-state index contributed by atoms with van der Waals surface area (Å²) < 4.78 is 0. The molecule has 1 amide bonds. The van der Waals surface area contributed by atoms with Gasteiger partial charge < -0.3 is 16.8 Å². The zero-order valence-electron chi connectivity index (χ0n) is 6.65. The molecule has 0 bridgehead atoms. The first kappa shape index (κ1) is 9.40. The van der Waals surface area contributed by atoms with Gasteiger partial charge in [-0.05, 0) is 18.3 Å². The van der Waals surface area contributed by atoms with E-state index >= 15 is 0 Å². The quantitative estimate of drug-likeness (QED) is 0.571. The Morgan fingerprint density at radius 3 is 2.77 bits per heavy atom. The van der Waals surface area contributed by atoms with Gasteiger partial charge in [0, 0.05) is 6.20 Å². The molecule has 0 saturated heterocycles. The van der Waals surface area contributed by atoms with Crippen LogP contribution in [0.4, 0.5) is 5.69 Å². The second-order valence-electron chi connectivity index (χ2n) is 2.27. The minimum atomic E-state index is -0.554. The number of anilines is 1. The standard InChI is InChI=1S/C7H8N4OS/c8-6(12)4-1-2-10-3-5(4)11-7(9)13/h1-3H,(H2,8,12)(H3,9,11,13). The number of nitrogens with two attached hydrogens (primary N) is 2. The van der Waals surface area contributed by atoms with E-state index in [1.54, 1.807) is 0 Å². The molecular formula is C7H8N4OS. The third-order valence-electron chi connectivity index (χ3n) is 1.34. The zero-order chi connectivity index (χ0) is 9.84. The number of carbonyl (C=O) groups excluding carboxylic acids is 1. The van der Waals surface area contributed by atoms with Gasteiger partial charge in [0.25, 0.3) is 5.91 Å². The molecule has 0 aliphatic carbocycles. The Bertz CT molecular complexity index is 352. The van der Waals surface area contributed by atoms with Gasteiger partial charge in [0.05, 0.1) is 17.4 Å². The van der Waals surface area contributed by atoms with Gasteiger partial charge >= 0.3 is 0 Å². The summed E-state index contributed by atoms with van der Waals surface area (Å²) in [4.78, 5) is 14.7. The highest BCUT2D eigenvalue weighted by Crippen LogP contribution is 2.11. The number of aromatic nitrogens is 1.